The van der Waals surface area contributed by atoms with E-state index in [1.165, 1.54) is 89.3 Å². The standard InChI is InChI=1S/C64H46N2/c1-63(2)53-29-14-12-27-49(53)50-40-38-47(42-58(50)63)65(46-37-39-48(43-21-6-3-7-22-43)52(41-46)44-23-8-4-9-24-44)61-36-20-33-57-62(61)51-28-13-15-30-54(51)64(57)55-31-16-18-34-59(55)66(45-25-10-5-11-26-45)60-35-19-17-32-56(60)64/h3-42H,1-2H3. The number of fused-ring (bicyclic) bond motifs is 12. The van der Waals surface area contributed by atoms with Gasteiger partial charge in [-0.15, -0.1) is 0 Å². The quantitative estimate of drug-likeness (QED) is 0.165. The minimum atomic E-state index is -0.583. The third-order valence-corrected chi connectivity index (χ3v) is 14.7. The van der Waals surface area contributed by atoms with Gasteiger partial charge in [0.15, 0.2) is 0 Å². The fraction of sp³-hybridized carbons (Fsp3) is 0.0625. The van der Waals surface area contributed by atoms with E-state index in [9.17, 15) is 0 Å². The SMILES string of the molecule is CC1(C)c2ccccc2-c2ccc(N(c3ccc(-c4ccccc4)c(-c4ccccc4)c3)c3cccc4c3-c3ccccc3C43c4ccccc4N(c4ccccc4)c4ccccc43)cc21. The molecular formula is C64H46N2. The Kier molecular flexibility index (Phi) is 8.51. The molecule has 0 fully saturated rings. The summed E-state index contributed by atoms with van der Waals surface area (Å²) in [4.78, 5) is 5.00. The molecule has 0 unspecified atom stereocenters. The molecule has 2 nitrogen and oxygen atoms in total. The highest BCUT2D eigenvalue weighted by Crippen LogP contribution is 2.65. The van der Waals surface area contributed by atoms with Crippen molar-refractivity contribution in [1.29, 1.82) is 0 Å². The minimum absolute atomic E-state index is 0.171. The van der Waals surface area contributed by atoms with E-state index in [1.807, 2.05) is 0 Å². The van der Waals surface area contributed by atoms with Crippen LogP contribution in [0.1, 0.15) is 47.2 Å². The van der Waals surface area contributed by atoms with Crippen molar-refractivity contribution in [1.82, 2.24) is 0 Å². The minimum Gasteiger partial charge on any atom is -0.310 e. The predicted octanol–water partition coefficient (Wildman–Crippen LogP) is 16.9. The number of rotatable bonds is 6. The maximum atomic E-state index is 2.55. The summed E-state index contributed by atoms with van der Waals surface area (Å²) >= 11 is 0. The highest BCUT2D eigenvalue weighted by molar-refractivity contribution is 6.02. The third kappa shape index (κ3) is 5.42. The molecule has 1 spiro atoms. The lowest BCUT2D eigenvalue weighted by Crippen LogP contribution is -2.36. The summed E-state index contributed by atoms with van der Waals surface area (Å²) in [5.41, 5.74) is 23.9. The van der Waals surface area contributed by atoms with Gasteiger partial charge in [-0.3, -0.25) is 0 Å². The molecule has 10 aromatic rings. The van der Waals surface area contributed by atoms with Gasteiger partial charge in [0.05, 0.1) is 22.5 Å². The molecule has 0 saturated carbocycles. The van der Waals surface area contributed by atoms with Crippen molar-refractivity contribution in [3.05, 3.63) is 276 Å². The maximum absolute atomic E-state index is 2.55. The highest BCUT2D eigenvalue weighted by atomic mass is 15.2. The molecule has 0 aromatic heterocycles. The Bertz CT molecular complexity index is 3470. The molecular weight excluding hydrogens is 797 g/mol. The Morgan fingerprint density at radius 2 is 0.818 bits per heavy atom. The van der Waals surface area contributed by atoms with Gasteiger partial charge >= 0.3 is 0 Å². The van der Waals surface area contributed by atoms with E-state index in [2.05, 4.69) is 266 Å². The number of nitrogens with zero attached hydrogens (tertiary/aromatic N) is 2. The fourth-order valence-electron chi connectivity index (χ4n) is 11.8. The Labute approximate surface area is 387 Å². The van der Waals surface area contributed by atoms with Crippen LogP contribution in [0.15, 0.2) is 243 Å². The molecule has 66 heavy (non-hydrogen) atoms. The molecule has 312 valence electrons. The summed E-state index contributed by atoms with van der Waals surface area (Å²) in [5, 5.41) is 0. The molecule has 3 aliphatic rings. The van der Waals surface area contributed by atoms with Crippen molar-refractivity contribution in [2.24, 2.45) is 0 Å². The van der Waals surface area contributed by atoms with Gasteiger partial charge in [-0.1, -0.05) is 202 Å². The summed E-state index contributed by atoms with van der Waals surface area (Å²) in [7, 11) is 0. The van der Waals surface area contributed by atoms with Crippen LogP contribution in [-0.2, 0) is 10.8 Å². The Morgan fingerprint density at radius 3 is 1.48 bits per heavy atom. The van der Waals surface area contributed by atoms with Crippen LogP contribution in [0.5, 0.6) is 0 Å². The second-order valence-electron chi connectivity index (χ2n) is 18.4. The summed E-state index contributed by atoms with van der Waals surface area (Å²) in [6, 6.07) is 90.1. The number of para-hydroxylation sites is 3. The molecule has 0 saturated heterocycles. The first-order valence-electron chi connectivity index (χ1n) is 23.1. The molecule has 1 aliphatic heterocycles. The Morgan fingerprint density at radius 1 is 0.333 bits per heavy atom. The summed E-state index contributed by atoms with van der Waals surface area (Å²) in [6.45, 7) is 4.76. The maximum Gasteiger partial charge on any atom is 0.0755 e. The molecule has 0 bridgehead atoms. The zero-order chi connectivity index (χ0) is 44.0. The molecule has 0 amide bonds. The fourth-order valence-corrected chi connectivity index (χ4v) is 11.8. The Balaban J connectivity index is 1.11. The smallest absolute Gasteiger partial charge is 0.0755 e. The second-order valence-corrected chi connectivity index (χ2v) is 18.4. The molecule has 0 atom stereocenters. The monoisotopic (exact) mass is 842 g/mol. The van der Waals surface area contributed by atoms with Gasteiger partial charge in [0.2, 0.25) is 0 Å². The van der Waals surface area contributed by atoms with E-state index in [0.717, 1.165) is 22.7 Å². The van der Waals surface area contributed by atoms with E-state index in [1.54, 1.807) is 0 Å². The first kappa shape index (κ1) is 38.3. The van der Waals surface area contributed by atoms with Crippen LogP contribution in [0.25, 0.3) is 44.5 Å². The highest BCUT2D eigenvalue weighted by Gasteiger charge is 2.52. The normalized spacial score (nSPS) is 14.1. The zero-order valence-corrected chi connectivity index (χ0v) is 37.0. The first-order valence-corrected chi connectivity index (χ1v) is 23.1. The summed E-state index contributed by atoms with van der Waals surface area (Å²) < 4.78 is 0. The predicted molar refractivity (Wildman–Crippen MR) is 275 cm³/mol. The lowest BCUT2D eigenvalue weighted by molar-refractivity contribution is 0.660. The topological polar surface area (TPSA) is 6.48 Å². The van der Waals surface area contributed by atoms with Crippen molar-refractivity contribution >= 4 is 34.1 Å². The van der Waals surface area contributed by atoms with Gasteiger partial charge in [-0.25, -0.2) is 0 Å². The lowest BCUT2D eigenvalue weighted by Gasteiger charge is -2.45. The average molecular weight is 843 g/mol. The first-order chi connectivity index (χ1) is 32.5. The van der Waals surface area contributed by atoms with Crippen molar-refractivity contribution < 1.29 is 0 Å². The van der Waals surface area contributed by atoms with Crippen molar-refractivity contribution in [3.8, 4) is 44.5 Å². The number of benzene rings is 10. The lowest BCUT2D eigenvalue weighted by atomic mass is 9.64. The van der Waals surface area contributed by atoms with Crippen LogP contribution in [0.4, 0.5) is 34.1 Å². The van der Waals surface area contributed by atoms with Crippen LogP contribution in [0.2, 0.25) is 0 Å². The molecule has 0 N–H and O–H groups in total. The average Bonchev–Trinajstić information content (AvgIpc) is 3.80. The van der Waals surface area contributed by atoms with E-state index < -0.39 is 5.41 Å². The van der Waals surface area contributed by atoms with Crippen LogP contribution < -0.4 is 9.80 Å². The van der Waals surface area contributed by atoms with Crippen LogP contribution in [0.3, 0.4) is 0 Å². The van der Waals surface area contributed by atoms with E-state index >= 15 is 0 Å². The third-order valence-electron chi connectivity index (χ3n) is 14.7. The zero-order valence-electron chi connectivity index (χ0n) is 37.0. The van der Waals surface area contributed by atoms with Gasteiger partial charge in [0.25, 0.3) is 0 Å². The molecule has 2 heteroatoms. The van der Waals surface area contributed by atoms with Gasteiger partial charge in [-0.05, 0) is 127 Å². The van der Waals surface area contributed by atoms with Gasteiger partial charge in [0.1, 0.15) is 0 Å². The second kappa shape index (κ2) is 14.7. The van der Waals surface area contributed by atoms with E-state index in [4.69, 9.17) is 0 Å². The van der Waals surface area contributed by atoms with Crippen molar-refractivity contribution in [2.45, 2.75) is 24.7 Å². The van der Waals surface area contributed by atoms with Crippen LogP contribution in [0, 0.1) is 0 Å². The van der Waals surface area contributed by atoms with Crippen LogP contribution in [-0.4, -0.2) is 0 Å². The molecule has 1 heterocycles. The molecule has 0 radical (unpaired) electrons. The number of anilines is 6. The van der Waals surface area contributed by atoms with Gasteiger partial charge in [-0.2, -0.15) is 0 Å². The summed E-state index contributed by atoms with van der Waals surface area (Å²) in [5.74, 6) is 0. The number of hydrogen-bond donors (Lipinski definition) is 0. The largest absolute Gasteiger partial charge is 0.310 e. The molecule has 13 rings (SSSR count). The van der Waals surface area contributed by atoms with Gasteiger partial charge in [0, 0.05) is 28.0 Å². The van der Waals surface area contributed by atoms with E-state index in [-0.39, 0.29) is 5.41 Å². The van der Waals surface area contributed by atoms with Crippen molar-refractivity contribution in [3.63, 3.8) is 0 Å². The van der Waals surface area contributed by atoms with Crippen molar-refractivity contribution in [2.75, 3.05) is 9.80 Å². The van der Waals surface area contributed by atoms with E-state index in [0.29, 0.717) is 0 Å². The van der Waals surface area contributed by atoms with Crippen LogP contribution >= 0.6 is 0 Å². The summed E-state index contributed by atoms with van der Waals surface area (Å²) in [6.07, 6.45) is 0. The Hall–Kier alpha value is -8.20. The number of hydrogen-bond acceptors (Lipinski definition) is 2. The van der Waals surface area contributed by atoms with Gasteiger partial charge < -0.3 is 9.80 Å². The molecule has 10 aromatic carbocycles. The molecule has 2 aliphatic carbocycles.